The van der Waals surface area contributed by atoms with Crippen LogP contribution in [0.4, 0.5) is 5.95 Å². The van der Waals surface area contributed by atoms with Crippen LogP contribution in [0.5, 0.6) is 17.2 Å². The summed E-state index contributed by atoms with van der Waals surface area (Å²) in [6, 6.07) is 13.9. The molecular weight excluding hydrogens is 420 g/mol. The van der Waals surface area contributed by atoms with Crippen LogP contribution in [0.25, 0.3) is 28.2 Å². The molecule has 2 N–H and O–H groups in total. The van der Waals surface area contributed by atoms with Crippen LogP contribution in [0.2, 0.25) is 0 Å². The minimum atomic E-state index is 0.226. The van der Waals surface area contributed by atoms with Gasteiger partial charge in [-0.3, -0.25) is 4.57 Å². The third kappa shape index (κ3) is 3.70. The quantitative estimate of drug-likeness (QED) is 0.484. The molecule has 168 valence electrons. The van der Waals surface area contributed by atoms with Gasteiger partial charge in [0.1, 0.15) is 17.4 Å². The van der Waals surface area contributed by atoms with E-state index in [4.69, 9.17) is 24.2 Å². The zero-order valence-corrected chi connectivity index (χ0v) is 18.2. The van der Waals surface area contributed by atoms with Gasteiger partial charge in [-0.15, -0.1) is 0 Å². The number of fused-ring (bicyclic) bond motifs is 2. The highest BCUT2D eigenvalue weighted by Gasteiger charge is 2.21. The van der Waals surface area contributed by atoms with Crippen LogP contribution < -0.4 is 24.8 Å². The first kappa shape index (κ1) is 19.8. The van der Waals surface area contributed by atoms with Gasteiger partial charge in [0.05, 0.1) is 18.1 Å². The predicted octanol–water partition coefficient (Wildman–Crippen LogP) is 3.38. The number of piperidine rings is 1. The zero-order chi connectivity index (χ0) is 22.2. The van der Waals surface area contributed by atoms with E-state index in [-0.39, 0.29) is 6.79 Å². The van der Waals surface area contributed by atoms with Crippen molar-refractivity contribution in [1.82, 2.24) is 24.8 Å². The standard InChI is InChI=1S/C24H24N6O3/c1-31-17-5-6-19-18(12-17)28-23(15-4-7-20-21(11-15)33-14-32-20)30(19)22-8-10-26-24(29-22)27-16-3-2-9-25-13-16/h4-8,10-12,16,25H,2-3,9,13-14H2,1H3,(H,26,27,29). The Kier molecular flexibility index (Phi) is 4.95. The summed E-state index contributed by atoms with van der Waals surface area (Å²) in [6.45, 7) is 2.19. The summed E-state index contributed by atoms with van der Waals surface area (Å²) < 4.78 is 18.5. The number of nitrogens with one attached hydrogen (secondary N) is 2. The SMILES string of the molecule is COc1ccc2c(c1)nc(-c1ccc3c(c1)OCO3)n2-c1ccnc(NC2CCCNC2)n1. The van der Waals surface area contributed by atoms with E-state index in [1.54, 1.807) is 13.3 Å². The Morgan fingerprint density at radius 3 is 2.91 bits per heavy atom. The summed E-state index contributed by atoms with van der Waals surface area (Å²) >= 11 is 0. The van der Waals surface area contributed by atoms with Crippen molar-refractivity contribution >= 4 is 17.0 Å². The molecule has 33 heavy (non-hydrogen) atoms. The van der Waals surface area contributed by atoms with Crippen molar-refractivity contribution < 1.29 is 14.2 Å². The third-order valence-corrected chi connectivity index (χ3v) is 5.99. The van der Waals surface area contributed by atoms with Crippen molar-refractivity contribution in [1.29, 1.82) is 0 Å². The first-order valence-electron chi connectivity index (χ1n) is 11.1. The molecule has 2 aromatic heterocycles. The number of methoxy groups -OCH3 is 1. The Morgan fingerprint density at radius 1 is 1.09 bits per heavy atom. The van der Waals surface area contributed by atoms with Crippen molar-refractivity contribution in [2.45, 2.75) is 18.9 Å². The van der Waals surface area contributed by atoms with Gasteiger partial charge in [-0.25, -0.2) is 9.97 Å². The van der Waals surface area contributed by atoms with E-state index in [0.717, 1.165) is 65.7 Å². The summed E-state index contributed by atoms with van der Waals surface area (Å²) in [5.74, 6) is 4.28. The second-order valence-electron chi connectivity index (χ2n) is 8.12. The second kappa shape index (κ2) is 8.25. The number of ether oxygens (including phenoxy) is 3. The maximum Gasteiger partial charge on any atom is 0.231 e. The number of hydrogen-bond donors (Lipinski definition) is 2. The smallest absolute Gasteiger partial charge is 0.231 e. The molecule has 4 heterocycles. The highest BCUT2D eigenvalue weighted by Crippen LogP contribution is 2.37. The molecule has 1 saturated heterocycles. The lowest BCUT2D eigenvalue weighted by Gasteiger charge is -2.23. The monoisotopic (exact) mass is 444 g/mol. The Balaban J connectivity index is 1.47. The molecule has 1 fully saturated rings. The Labute approximate surface area is 190 Å². The lowest BCUT2D eigenvalue weighted by Crippen LogP contribution is -2.38. The van der Waals surface area contributed by atoms with Gasteiger partial charge in [-0.1, -0.05) is 0 Å². The van der Waals surface area contributed by atoms with Gasteiger partial charge in [-0.2, -0.15) is 4.98 Å². The first-order chi connectivity index (χ1) is 16.3. The van der Waals surface area contributed by atoms with Crippen LogP contribution in [0, 0.1) is 0 Å². The Hall–Kier alpha value is -3.85. The minimum Gasteiger partial charge on any atom is -0.497 e. The molecule has 0 aliphatic carbocycles. The van der Waals surface area contributed by atoms with Crippen molar-refractivity contribution in [2.24, 2.45) is 0 Å². The van der Waals surface area contributed by atoms with Gasteiger partial charge in [0.2, 0.25) is 12.7 Å². The van der Waals surface area contributed by atoms with Gasteiger partial charge in [0.15, 0.2) is 11.5 Å². The van der Waals surface area contributed by atoms with Crippen LogP contribution >= 0.6 is 0 Å². The summed E-state index contributed by atoms with van der Waals surface area (Å²) in [4.78, 5) is 14.2. The van der Waals surface area contributed by atoms with Gasteiger partial charge in [0.25, 0.3) is 0 Å². The maximum atomic E-state index is 5.60. The Bertz CT molecular complexity index is 1320. The molecule has 6 rings (SSSR count). The van der Waals surface area contributed by atoms with Crippen molar-refractivity contribution in [3.63, 3.8) is 0 Å². The lowest BCUT2D eigenvalue weighted by atomic mass is 10.1. The molecule has 4 aromatic rings. The molecule has 0 radical (unpaired) electrons. The fraction of sp³-hybridized carbons (Fsp3) is 0.292. The predicted molar refractivity (Wildman–Crippen MR) is 124 cm³/mol. The molecule has 1 unspecified atom stereocenters. The van der Waals surface area contributed by atoms with E-state index in [2.05, 4.69) is 15.6 Å². The van der Waals surface area contributed by atoms with Crippen LogP contribution in [-0.4, -0.2) is 52.6 Å². The van der Waals surface area contributed by atoms with Crippen LogP contribution in [-0.2, 0) is 0 Å². The molecule has 2 aliphatic rings. The number of aromatic nitrogens is 4. The minimum absolute atomic E-state index is 0.226. The first-order valence-corrected chi connectivity index (χ1v) is 11.1. The number of hydrogen-bond acceptors (Lipinski definition) is 8. The lowest BCUT2D eigenvalue weighted by molar-refractivity contribution is 0.174. The number of anilines is 1. The molecule has 0 saturated carbocycles. The molecule has 9 heteroatoms. The van der Waals surface area contributed by atoms with E-state index in [1.807, 2.05) is 47.0 Å². The summed E-state index contributed by atoms with van der Waals surface area (Å²) in [5.41, 5.74) is 2.64. The van der Waals surface area contributed by atoms with E-state index in [1.165, 1.54) is 0 Å². The fourth-order valence-electron chi connectivity index (χ4n) is 4.35. The molecule has 2 aromatic carbocycles. The molecule has 0 spiro atoms. The van der Waals surface area contributed by atoms with Gasteiger partial charge >= 0.3 is 0 Å². The van der Waals surface area contributed by atoms with Gasteiger partial charge < -0.3 is 24.8 Å². The van der Waals surface area contributed by atoms with E-state index < -0.39 is 0 Å². The topological polar surface area (TPSA) is 95.3 Å². The number of imidazole rings is 1. The maximum absolute atomic E-state index is 5.60. The van der Waals surface area contributed by atoms with Crippen molar-refractivity contribution in [2.75, 3.05) is 32.3 Å². The highest BCUT2D eigenvalue weighted by molar-refractivity contribution is 5.84. The summed E-state index contributed by atoms with van der Waals surface area (Å²) in [6.07, 6.45) is 4.01. The number of nitrogens with zero attached hydrogens (tertiary/aromatic N) is 4. The third-order valence-electron chi connectivity index (χ3n) is 5.99. The number of rotatable bonds is 5. The van der Waals surface area contributed by atoms with E-state index in [9.17, 15) is 0 Å². The van der Waals surface area contributed by atoms with Crippen molar-refractivity contribution in [3.05, 3.63) is 48.7 Å². The molecular formula is C24H24N6O3. The number of benzene rings is 2. The average molecular weight is 444 g/mol. The molecule has 0 amide bonds. The normalized spacial score (nSPS) is 17.3. The molecule has 0 bridgehead atoms. The summed E-state index contributed by atoms with van der Waals surface area (Å²) in [7, 11) is 1.65. The zero-order valence-electron chi connectivity index (χ0n) is 18.2. The van der Waals surface area contributed by atoms with Crippen LogP contribution in [0.1, 0.15) is 12.8 Å². The van der Waals surface area contributed by atoms with Gasteiger partial charge in [-0.05, 0) is 55.8 Å². The fourth-order valence-corrected chi connectivity index (χ4v) is 4.35. The second-order valence-corrected chi connectivity index (χ2v) is 8.12. The largest absolute Gasteiger partial charge is 0.497 e. The van der Waals surface area contributed by atoms with Crippen molar-refractivity contribution in [3.8, 4) is 34.5 Å². The summed E-state index contributed by atoms with van der Waals surface area (Å²) in [5, 5.41) is 6.88. The molecule has 2 aliphatic heterocycles. The van der Waals surface area contributed by atoms with E-state index >= 15 is 0 Å². The van der Waals surface area contributed by atoms with Crippen LogP contribution in [0.3, 0.4) is 0 Å². The molecule has 9 nitrogen and oxygen atoms in total. The highest BCUT2D eigenvalue weighted by atomic mass is 16.7. The average Bonchev–Trinajstić information content (AvgIpc) is 3.48. The van der Waals surface area contributed by atoms with E-state index in [0.29, 0.717) is 17.7 Å². The van der Waals surface area contributed by atoms with Crippen LogP contribution in [0.15, 0.2) is 48.7 Å². The Morgan fingerprint density at radius 2 is 2.03 bits per heavy atom. The van der Waals surface area contributed by atoms with Gasteiger partial charge in [0, 0.05) is 30.4 Å². The molecule has 1 atom stereocenters.